The second kappa shape index (κ2) is 8.29. The Labute approximate surface area is 121 Å². The molecular formula is C13H14ClNO5. The summed E-state index contributed by atoms with van der Waals surface area (Å²) >= 11 is 5.97. The molecule has 0 aliphatic rings. The molecule has 6 nitrogen and oxygen atoms in total. The lowest BCUT2D eigenvalue weighted by molar-refractivity contribution is -0.134. The van der Waals surface area contributed by atoms with E-state index in [1.807, 2.05) is 0 Å². The fourth-order valence-electron chi connectivity index (χ4n) is 1.34. The fraction of sp³-hybridized carbons (Fsp3) is 0.308. The van der Waals surface area contributed by atoms with E-state index in [-0.39, 0.29) is 10.7 Å². The number of carbonyl (C=O) groups excluding carboxylic acids is 1. The van der Waals surface area contributed by atoms with Gasteiger partial charge in [-0.25, -0.2) is 4.79 Å². The molecule has 1 rings (SSSR count). The van der Waals surface area contributed by atoms with Crippen LogP contribution in [0.3, 0.4) is 0 Å². The van der Waals surface area contributed by atoms with Gasteiger partial charge >= 0.3 is 5.97 Å². The van der Waals surface area contributed by atoms with Crippen LogP contribution in [-0.2, 0) is 14.3 Å². The summed E-state index contributed by atoms with van der Waals surface area (Å²) in [6.07, 6.45) is 2.58. The van der Waals surface area contributed by atoms with Gasteiger partial charge in [0.1, 0.15) is 18.0 Å². The lowest BCUT2D eigenvalue weighted by atomic mass is 10.1. The Kier molecular flexibility index (Phi) is 6.69. The Hall–Kier alpha value is -1.92. The van der Waals surface area contributed by atoms with Crippen molar-refractivity contribution >= 4 is 29.3 Å². The molecule has 0 aliphatic heterocycles. The van der Waals surface area contributed by atoms with Crippen molar-refractivity contribution < 1.29 is 19.0 Å². The molecule has 0 spiro atoms. The third-order valence-corrected chi connectivity index (χ3v) is 2.62. The van der Waals surface area contributed by atoms with E-state index in [1.54, 1.807) is 7.11 Å². The van der Waals surface area contributed by atoms with Crippen LogP contribution in [0.4, 0.5) is 5.69 Å². The Morgan fingerprint density at radius 1 is 1.35 bits per heavy atom. The monoisotopic (exact) mass is 299 g/mol. The van der Waals surface area contributed by atoms with Crippen LogP contribution in [0.15, 0.2) is 23.4 Å². The number of hydrogen-bond acceptors (Lipinski definition) is 6. The number of rotatable bonds is 7. The maximum absolute atomic E-state index is 11.1. The molecule has 0 bridgehead atoms. The zero-order valence-electron chi connectivity index (χ0n) is 11.1. The molecule has 0 saturated carbocycles. The van der Waals surface area contributed by atoms with Crippen molar-refractivity contribution in [3.05, 3.63) is 33.7 Å². The summed E-state index contributed by atoms with van der Waals surface area (Å²) in [7, 11) is 2.81. The SMILES string of the molecule is COCCOc1cc(/C=C/C(=O)OC)c(N=O)cc1Cl. The van der Waals surface area contributed by atoms with Crippen LogP contribution in [0.25, 0.3) is 6.08 Å². The maximum Gasteiger partial charge on any atom is 0.330 e. The van der Waals surface area contributed by atoms with Gasteiger partial charge in [0.05, 0.1) is 18.7 Å². The molecule has 0 amide bonds. The lowest BCUT2D eigenvalue weighted by Gasteiger charge is -2.09. The Balaban J connectivity index is 3.01. The normalized spacial score (nSPS) is 10.6. The maximum atomic E-state index is 11.1. The first-order valence-corrected chi connectivity index (χ1v) is 6.04. The van der Waals surface area contributed by atoms with E-state index in [4.69, 9.17) is 21.1 Å². The van der Waals surface area contributed by atoms with Crippen molar-refractivity contribution in [2.24, 2.45) is 5.18 Å². The molecule has 7 heteroatoms. The van der Waals surface area contributed by atoms with Gasteiger partial charge in [0.15, 0.2) is 0 Å². The first-order chi connectivity index (χ1) is 9.62. The Morgan fingerprint density at radius 2 is 2.10 bits per heavy atom. The van der Waals surface area contributed by atoms with Gasteiger partial charge in [-0.2, -0.15) is 0 Å². The molecule has 0 unspecified atom stereocenters. The fourth-order valence-corrected chi connectivity index (χ4v) is 1.56. The highest BCUT2D eigenvalue weighted by Gasteiger charge is 2.09. The van der Waals surface area contributed by atoms with Crippen LogP contribution in [0.2, 0.25) is 5.02 Å². The Morgan fingerprint density at radius 3 is 2.70 bits per heavy atom. The highest BCUT2D eigenvalue weighted by atomic mass is 35.5. The van der Waals surface area contributed by atoms with Gasteiger partial charge in [-0.05, 0) is 23.4 Å². The number of ether oxygens (including phenoxy) is 3. The highest BCUT2D eigenvalue weighted by Crippen LogP contribution is 2.33. The van der Waals surface area contributed by atoms with Gasteiger partial charge < -0.3 is 14.2 Å². The smallest absolute Gasteiger partial charge is 0.330 e. The number of esters is 1. The van der Waals surface area contributed by atoms with Crippen molar-refractivity contribution in [3.8, 4) is 5.75 Å². The highest BCUT2D eigenvalue weighted by molar-refractivity contribution is 6.32. The molecule has 0 N–H and O–H groups in total. The minimum Gasteiger partial charge on any atom is -0.490 e. The quantitative estimate of drug-likeness (QED) is 0.335. The van der Waals surface area contributed by atoms with E-state index in [2.05, 4.69) is 9.91 Å². The number of methoxy groups -OCH3 is 2. The second-order valence-electron chi connectivity index (χ2n) is 3.63. The predicted octanol–water partition coefficient (Wildman–Crippen LogP) is 2.95. The van der Waals surface area contributed by atoms with Crippen LogP contribution in [-0.4, -0.2) is 33.4 Å². The van der Waals surface area contributed by atoms with Crippen molar-refractivity contribution in [1.29, 1.82) is 0 Å². The van der Waals surface area contributed by atoms with Crippen molar-refractivity contribution in [2.45, 2.75) is 0 Å². The molecule has 0 aromatic heterocycles. The van der Waals surface area contributed by atoms with E-state index in [9.17, 15) is 9.70 Å². The van der Waals surface area contributed by atoms with Crippen molar-refractivity contribution in [3.63, 3.8) is 0 Å². The van der Waals surface area contributed by atoms with Gasteiger partial charge in [-0.1, -0.05) is 11.6 Å². The second-order valence-corrected chi connectivity index (χ2v) is 4.04. The van der Waals surface area contributed by atoms with Gasteiger partial charge in [-0.3, -0.25) is 0 Å². The van der Waals surface area contributed by atoms with Gasteiger partial charge in [0, 0.05) is 18.7 Å². The van der Waals surface area contributed by atoms with Crippen LogP contribution in [0, 0.1) is 4.91 Å². The number of nitroso groups, excluding NO2 is 1. The van der Waals surface area contributed by atoms with E-state index in [1.165, 1.54) is 31.4 Å². The first kappa shape index (κ1) is 16.1. The lowest BCUT2D eigenvalue weighted by Crippen LogP contribution is -2.04. The molecule has 0 heterocycles. The standard InChI is InChI=1S/C13H14ClNO5/c1-18-5-6-20-12-7-9(3-4-13(16)19-2)11(15-17)8-10(12)14/h3-4,7-8H,5-6H2,1-2H3/b4-3+. The molecule has 0 radical (unpaired) electrons. The molecule has 1 aromatic rings. The first-order valence-electron chi connectivity index (χ1n) is 5.67. The summed E-state index contributed by atoms with van der Waals surface area (Å²) in [6, 6.07) is 2.89. The zero-order valence-corrected chi connectivity index (χ0v) is 11.8. The molecule has 0 atom stereocenters. The van der Waals surface area contributed by atoms with E-state index in [0.717, 1.165) is 0 Å². The number of halogens is 1. The number of benzene rings is 1. The van der Waals surface area contributed by atoms with Gasteiger partial charge in [0.25, 0.3) is 0 Å². The van der Waals surface area contributed by atoms with Gasteiger partial charge in [0.2, 0.25) is 0 Å². The molecule has 0 aliphatic carbocycles. The number of carbonyl (C=O) groups is 1. The summed E-state index contributed by atoms with van der Waals surface area (Å²) in [6.45, 7) is 0.710. The molecule has 20 heavy (non-hydrogen) atoms. The summed E-state index contributed by atoms with van der Waals surface area (Å²) in [5.74, 6) is -0.167. The molecule has 108 valence electrons. The Bertz CT molecular complexity index is 516. The molecule has 0 saturated heterocycles. The average Bonchev–Trinajstić information content (AvgIpc) is 2.46. The van der Waals surface area contributed by atoms with E-state index < -0.39 is 5.97 Å². The van der Waals surface area contributed by atoms with Crippen LogP contribution in [0.1, 0.15) is 5.56 Å². The van der Waals surface area contributed by atoms with Crippen LogP contribution in [0.5, 0.6) is 5.75 Å². The minimum absolute atomic E-state index is 0.106. The van der Waals surface area contributed by atoms with Crippen molar-refractivity contribution in [2.75, 3.05) is 27.4 Å². The van der Waals surface area contributed by atoms with Gasteiger partial charge in [-0.15, -0.1) is 4.91 Å². The predicted molar refractivity (Wildman–Crippen MR) is 75.3 cm³/mol. The summed E-state index contributed by atoms with van der Waals surface area (Å²) < 4.78 is 14.7. The molecule has 0 fully saturated rings. The molecular weight excluding hydrogens is 286 g/mol. The number of hydrogen-bond donors (Lipinski definition) is 0. The summed E-state index contributed by atoms with van der Waals surface area (Å²) in [4.78, 5) is 21.8. The number of nitrogens with zero attached hydrogens (tertiary/aromatic N) is 1. The topological polar surface area (TPSA) is 74.2 Å². The third-order valence-electron chi connectivity index (χ3n) is 2.32. The van der Waals surface area contributed by atoms with Crippen molar-refractivity contribution in [1.82, 2.24) is 0 Å². The third kappa shape index (κ3) is 4.64. The average molecular weight is 300 g/mol. The largest absolute Gasteiger partial charge is 0.490 e. The molecule has 1 aromatic carbocycles. The van der Waals surface area contributed by atoms with Crippen LogP contribution < -0.4 is 4.74 Å². The van der Waals surface area contributed by atoms with E-state index in [0.29, 0.717) is 24.5 Å². The van der Waals surface area contributed by atoms with E-state index >= 15 is 0 Å². The summed E-state index contributed by atoms with van der Waals surface area (Å²) in [5.41, 5.74) is 0.511. The minimum atomic E-state index is -0.543. The zero-order chi connectivity index (χ0) is 15.0. The van der Waals surface area contributed by atoms with Crippen LogP contribution >= 0.6 is 11.6 Å². The summed E-state index contributed by atoms with van der Waals surface area (Å²) in [5, 5.41) is 3.11.